The summed E-state index contributed by atoms with van der Waals surface area (Å²) in [6, 6.07) is 19.0. The number of carboxylic acids is 1. The highest BCUT2D eigenvalue weighted by atomic mass is 16.5. The molecular formula is C35H41N5O5. The van der Waals surface area contributed by atoms with Crippen molar-refractivity contribution in [3.8, 4) is 11.5 Å². The highest BCUT2D eigenvalue weighted by Gasteiger charge is 2.31. The molecule has 236 valence electrons. The number of anilines is 1. The standard InChI is InChI=1S/C35H41N5O5/c1-22-10-14-26(15-11-22)45-27-9-5-7-24(19-27)28(20-30(41)42)32-31(33(36)43)29(21-44-35(2,3)4)40(39-32)18-16-25-13-12-23-8-6-17-37-34(23)38-25/h5,7,9-15,19,28H,6,8,16-18,20-21H2,1-4H3,(H2,36,43)(H,37,38)(H,41,42). The Labute approximate surface area is 263 Å². The zero-order valence-corrected chi connectivity index (χ0v) is 26.3. The number of aromatic nitrogens is 3. The van der Waals surface area contributed by atoms with Crippen LogP contribution < -0.4 is 15.8 Å². The molecule has 0 spiro atoms. The van der Waals surface area contributed by atoms with E-state index in [2.05, 4.69) is 11.4 Å². The summed E-state index contributed by atoms with van der Waals surface area (Å²) in [5, 5.41) is 18.2. The maximum atomic E-state index is 13.1. The lowest BCUT2D eigenvalue weighted by molar-refractivity contribution is -0.137. The van der Waals surface area contributed by atoms with Crippen molar-refractivity contribution in [2.24, 2.45) is 5.73 Å². The first kappa shape index (κ1) is 31.7. The van der Waals surface area contributed by atoms with Crippen LogP contribution in [0.2, 0.25) is 0 Å². The Bertz CT molecular complexity index is 1670. The maximum absolute atomic E-state index is 13.1. The Balaban J connectivity index is 1.53. The van der Waals surface area contributed by atoms with Crippen molar-refractivity contribution >= 4 is 17.7 Å². The number of hydrogen-bond donors (Lipinski definition) is 3. The molecule has 10 heteroatoms. The fourth-order valence-corrected chi connectivity index (χ4v) is 5.46. The minimum atomic E-state index is -1.03. The van der Waals surface area contributed by atoms with E-state index in [-0.39, 0.29) is 18.6 Å². The van der Waals surface area contributed by atoms with Crippen LogP contribution in [0.1, 0.15) is 83.7 Å². The minimum Gasteiger partial charge on any atom is -0.481 e. The summed E-state index contributed by atoms with van der Waals surface area (Å²) >= 11 is 0. The third-order valence-electron chi connectivity index (χ3n) is 7.73. The van der Waals surface area contributed by atoms with Gasteiger partial charge >= 0.3 is 5.97 Å². The van der Waals surface area contributed by atoms with Crippen molar-refractivity contribution in [1.29, 1.82) is 0 Å². The Kier molecular flexibility index (Phi) is 9.53. The minimum absolute atomic E-state index is 0.0737. The second kappa shape index (κ2) is 13.5. The monoisotopic (exact) mass is 611 g/mol. The van der Waals surface area contributed by atoms with Crippen LogP contribution in [0, 0.1) is 6.92 Å². The van der Waals surface area contributed by atoms with Crippen LogP contribution in [0.3, 0.4) is 0 Å². The first-order chi connectivity index (χ1) is 21.5. The quantitative estimate of drug-likeness (QED) is 0.177. The lowest BCUT2D eigenvalue weighted by Crippen LogP contribution is -2.23. The van der Waals surface area contributed by atoms with Gasteiger partial charge in [-0.25, -0.2) is 4.98 Å². The van der Waals surface area contributed by atoms with Crippen molar-refractivity contribution < 1.29 is 24.2 Å². The van der Waals surface area contributed by atoms with Crippen molar-refractivity contribution in [1.82, 2.24) is 14.8 Å². The van der Waals surface area contributed by atoms with Gasteiger partial charge in [0.15, 0.2) is 0 Å². The Morgan fingerprint density at radius 2 is 1.87 bits per heavy atom. The average Bonchev–Trinajstić information content (AvgIpc) is 3.37. The SMILES string of the molecule is Cc1ccc(Oc2cccc(C(CC(=O)O)c3nn(CCc4ccc5c(n4)NCCC5)c(COC(C)(C)C)c3C(N)=O)c2)cc1. The molecular weight excluding hydrogens is 570 g/mol. The van der Waals surface area contributed by atoms with Crippen molar-refractivity contribution in [2.45, 2.75) is 78.0 Å². The number of nitrogens with one attached hydrogen (secondary N) is 1. The molecule has 45 heavy (non-hydrogen) atoms. The normalized spacial score (nSPS) is 13.5. The topological polar surface area (TPSA) is 142 Å². The van der Waals surface area contributed by atoms with Gasteiger partial charge in [0.25, 0.3) is 5.91 Å². The molecule has 0 aliphatic carbocycles. The molecule has 5 rings (SSSR count). The number of primary amides is 1. The number of pyridine rings is 1. The molecule has 0 fully saturated rings. The number of carbonyl (C=O) groups excluding carboxylic acids is 1. The number of aliphatic carboxylic acids is 1. The fourth-order valence-electron chi connectivity index (χ4n) is 5.46. The number of rotatable bonds is 12. The van der Waals surface area contributed by atoms with Gasteiger partial charge in [0, 0.05) is 31.1 Å². The number of nitrogens with two attached hydrogens (primary N) is 1. The van der Waals surface area contributed by atoms with Crippen molar-refractivity contribution in [2.75, 3.05) is 11.9 Å². The van der Waals surface area contributed by atoms with Crippen LogP contribution in [-0.2, 0) is 35.5 Å². The van der Waals surface area contributed by atoms with Crippen LogP contribution in [0.5, 0.6) is 11.5 Å². The summed E-state index contributed by atoms with van der Waals surface area (Å²) in [7, 11) is 0. The first-order valence-corrected chi connectivity index (χ1v) is 15.3. The van der Waals surface area contributed by atoms with E-state index < -0.39 is 23.4 Å². The predicted molar refractivity (Wildman–Crippen MR) is 172 cm³/mol. The molecule has 3 heterocycles. The van der Waals surface area contributed by atoms with E-state index in [4.69, 9.17) is 25.3 Å². The van der Waals surface area contributed by atoms with Crippen LogP contribution >= 0.6 is 0 Å². The average molecular weight is 612 g/mol. The third kappa shape index (κ3) is 8.07. The van der Waals surface area contributed by atoms with Crippen LogP contribution in [0.25, 0.3) is 0 Å². The molecule has 4 N–H and O–H groups in total. The summed E-state index contributed by atoms with van der Waals surface area (Å²) in [6.07, 6.45) is 2.31. The zero-order chi connectivity index (χ0) is 32.1. The molecule has 0 bridgehead atoms. The molecule has 2 aromatic carbocycles. The van der Waals surface area contributed by atoms with E-state index in [1.54, 1.807) is 22.9 Å². The number of fused-ring (bicyclic) bond motifs is 1. The van der Waals surface area contributed by atoms with Crippen LogP contribution in [0.4, 0.5) is 5.82 Å². The van der Waals surface area contributed by atoms with E-state index in [0.29, 0.717) is 41.4 Å². The maximum Gasteiger partial charge on any atom is 0.304 e. The molecule has 2 aromatic heterocycles. The molecule has 1 amide bonds. The highest BCUT2D eigenvalue weighted by Crippen LogP contribution is 2.35. The molecule has 10 nitrogen and oxygen atoms in total. The second-order valence-corrected chi connectivity index (χ2v) is 12.4. The van der Waals surface area contributed by atoms with Gasteiger partial charge in [-0.3, -0.25) is 14.3 Å². The molecule has 0 saturated carbocycles. The number of hydrogen-bond acceptors (Lipinski definition) is 7. The number of nitrogens with zero attached hydrogens (tertiary/aromatic N) is 3. The summed E-state index contributed by atoms with van der Waals surface area (Å²) in [5.74, 6) is -0.400. The van der Waals surface area contributed by atoms with Gasteiger partial charge in [-0.2, -0.15) is 5.10 Å². The largest absolute Gasteiger partial charge is 0.481 e. The van der Waals surface area contributed by atoms with Crippen molar-refractivity contribution in [3.05, 3.63) is 100.0 Å². The molecule has 0 radical (unpaired) electrons. The summed E-state index contributed by atoms with van der Waals surface area (Å²) in [5.41, 5.74) is 10.3. The molecule has 1 atom stereocenters. The smallest absolute Gasteiger partial charge is 0.304 e. The molecule has 1 aliphatic heterocycles. The van der Waals surface area contributed by atoms with E-state index in [1.165, 1.54) is 5.56 Å². The van der Waals surface area contributed by atoms with E-state index in [0.717, 1.165) is 36.5 Å². The molecule has 1 unspecified atom stereocenters. The Morgan fingerprint density at radius 1 is 1.09 bits per heavy atom. The van der Waals surface area contributed by atoms with Crippen molar-refractivity contribution in [3.63, 3.8) is 0 Å². The van der Waals surface area contributed by atoms with Gasteiger partial charge in [-0.15, -0.1) is 0 Å². The Hall–Kier alpha value is -4.70. The Morgan fingerprint density at radius 3 is 2.58 bits per heavy atom. The van der Waals surface area contributed by atoms with Gasteiger partial charge in [-0.05, 0) is 82.0 Å². The molecule has 1 aliphatic rings. The number of amides is 1. The highest BCUT2D eigenvalue weighted by molar-refractivity contribution is 5.95. The van der Waals surface area contributed by atoms with Gasteiger partial charge in [0.2, 0.25) is 0 Å². The van der Waals surface area contributed by atoms with Gasteiger partial charge in [0.05, 0.1) is 35.6 Å². The van der Waals surface area contributed by atoms with Gasteiger partial charge in [0.1, 0.15) is 17.3 Å². The molecule has 4 aromatic rings. The predicted octanol–water partition coefficient (Wildman–Crippen LogP) is 6.00. The van der Waals surface area contributed by atoms with E-state index in [9.17, 15) is 14.7 Å². The first-order valence-electron chi connectivity index (χ1n) is 15.3. The molecule has 0 saturated heterocycles. The number of ether oxygens (including phenoxy) is 2. The fraction of sp³-hybridized carbons (Fsp3) is 0.371. The summed E-state index contributed by atoms with van der Waals surface area (Å²) in [6.45, 7) is 9.14. The van der Waals surface area contributed by atoms with E-state index >= 15 is 0 Å². The van der Waals surface area contributed by atoms with E-state index in [1.807, 2.05) is 64.1 Å². The summed E-state index contributed by atoms with van der Waals surface area (Å²) in [4.78, 5) is 30.1. The lowest BCUT2D eigenvalue weighted by Gasteiger charge is -2.20. The van der Waals surface area contributed by atoms with Crippen LogP contribution in [0.15, 0.2) is 60.7 Å². The third-order valence-corrected chi connectivity index (χ3v) is 7.73. The number of benzene rings is 2. The number of aryl methyl sites for hydroxylation is 4. The second-order valence-electron chi connectivity index (χ2n) is 12.4. The number of carbonyl (C=O) groups is 2. The van der Waals surface area contributed by atoms with Crippen LogP contribution in [-0.4, -0.2) is 43.9 Å². The summed E-state index contributed by atoms with van der Waals surface area (Å²) < 4.78 is 13.9. The van der Waals surface area contributed by atoms with Gasteiger partial charge in [-0.1, -0.05) is 35.9 Å². The zero-order valence-electron chi connectivity index (χ0n) is 26.3. The lowest BCUT2D eigenvalue weighted by atomic mass is 9.89. The van der Waals surface area contributed by atoms with Gasteiger partial charge < -0.3 is 25.6 Å². The number of carboxylic acid groups (broad SMARTS) is 1.